The number of aliphatic hydroxyl groups is 2. The lowest BCUT2D eigenvalue weighted by molar-refractivity contribution is -0.124. The van der Waals surface area contributed by atoms with Crippen molar-refractivity contribution in [3.8, 4) is 0 Å². The second-order valence-corrected chi connectivity index (χ2v) is 6.51. The molecule has 0 aromatic carbocycles. The van der Waals surface area contributed by atoms with Gasteiger partial charge in [-0.3, -0.25) is 9.36 Å². The largest absolute Gasteiger partial charge is 0.394 e. The number of nitrogens with one attached hydrogen (secondary N) is 1. The Bertz CT molecular complexity index is 831. The molecule has 2 aromatic rings. The van der Waals surface area contributed by atoms with Crippen LogP contribution in [0.1, 0.15) is 26.0 Å². The van der Waals surface area contributed by atoms with Crippen LogP contribution in [0, 0.1) is 5.82 Å². The van der Waals surface area contributed by atoms with Gasteiger partial charge in [-0.2, -0.15) is 0 Å². The highest BCUT2D eigenvalue weighted by atomic mass is 19.1. The molecular weight excluding hydrogens is 359 g/mol. The maximum Gasteiger partial charge on any atom is 0.237 e. The first-order valence-corrected chi connectivity index (χ1v) is 8.65. The van der Waals surface area contributed by atoms with Crippen LogP contribution >= 0.6 is 0 Å². The topological polar surface area (TPSA) is 162 Å². The maximum atomic E-state index is 14.3. The molecule has 0 aliphatic carbocycles. The first-order valence-electron chi connectivity index (χ1n) is 8.65. The third kappa shape index (κ3) is 3.46. The van der Waals surface area contributed by atoms with Crippen LogP contribution in [0.5, 0.6) is 0 Å². The minimum atomic E-state index is -1.27. The second-order valence-electron chi connectivity index (χ2n) is 6.51. The van der Waals surface area contributed by atoms with Crippen LogP contribution in [0.2, 0.25) is 0 Å². The molecular formula is C16H23FN6O4. The summed E-state index contributed by atoms with van der Waals surface area (Å²) in [5.41, 5.74) is 11.6. The number of halogens is 1. The van der Waals surface area contributed by atoms with Crippen LogP contribution < -0.4 is 16.8 Å². The molecule has 1 amide bonds. The van der Waals surface area contributed by atoms with Crippen molar-refractivity contribution in [3.05, 3.63) is 18.3 Å². The summed E-state index contributed by atoms with van der Waals surface area (Å²) in [5.74, 6) is -1.11. The number of rotatable bonds is 6. The van der Waals surface area contributed by atoms with Gasteiger partial charge in [-0.05, 0) is 6.42 Å². The lowest BCUT2D eigenvalue weighted by atomic mass is 10.1. The van der Waals surface area contributed by atoms with E-state index in [9.17, 15) is 19.4 Å². The van der Waals surface area contributed by atoms with Gasteiger partial charge < -0.3 is 31.7 Å². The van der Waals surface area contributed by atoms with E-state index in [1.165, 1.54) is 10.9 Å². The molecule has 1 fully saturated rings. The monoisotopic (exact) mass is 382 g/mol. The smallest absolute Gasteiger partial charge is 0.237 e. The first kappa shape index (κ1) is 19.4. The average Bonchev–Trinajstić information content (AvgIpc) is 3.21. The van der Waals surface area contributed by atoms with E-state index in [4.69, 9.17) is 16.2 Å². The summed E-state index contributed by atoms with van der Waals surface area (Å²) in [6.07, 6.45) is 0.155. The van der Waals surface area contributed by atoms with Crippen LogP contribution in [0.25, 0.3) is 11.0 Å². The highest BCUT2D eigenvalue weighted by Crippen LogP contribution is 2.33. The van der Waals surface area contributed by atoms with Gasteiger partial charge in [-0.15, -0.1) is 0 Å². The SMILES string of the molecule is CCCC(N)C(=O)NC1[C@@H](CO)O[C@@H](n2cnc3c(N)ncc(F)c32)[C@H]1O. The van der Waals surface area contributed by atoms with Gasteiger partial charge in [-0.25, -0.2) is 14.4 Å². The van der Waals surface area contributed by atoms with Crippen molar-refractivity contribution < 1.29 is 24.1 Å². The van der Waals surface area contributed by atoms with Crippen molar-refractivity contribution in [1.82, 2.24) is 19.9 Å². The lowest BCUT2D eigenvalue weighted by Crippen LogP contribution is -2.53. The van der Waals surface area contributed by atoms with Crippen molar-refractivity contribution in [2.75, 3.05) is 12.3 Å². The number of hydrogen-bond acceptors (Lipinski definition) is 8. The van der Waals surface area contributed by atoms with Crippen molar-refractivity contribution in [3.63, 3.8) is 0 Å². The predicted octanol–water partition coefficient (Wildman–Crippen LogP) is -0.985. The molecule has 3 rings (SSSR count). The molecule has 3 heterocycles. The molecule has 2 unspecified atom stereocenters. The number of hydrogen-bond donors (Lipinski definition) is 5. The Morgan fingerprint density at radius 1 is 1.52 bits per heavy atom. The Balaban J connectivity index is 1.89. The molecule has 27 heavy (non-hydrogen) atoms. The van der Waals surface area contributed by atoms with Crippen molar-refractivity contribution in [2.24, 2.45) is 5.73 Å². The highest BCUT2D eigenvalue weighted by molar-refractivity contribution is 5.85. The number of nitrogens with two attached hydrogens (primary N) is 2. The zero-order valence-electron chi connectivity index (χ0n) is 14.7. The number of amides is 1. The molecule has 0 bridgehead atoms. The number of fused-ring (bicyclic) bond motifs is 1. The Kier molecular flexibility index (Phi) is 5.56. The number of nitrogen functional groups attached to an aromatic ring is 1. The van der Waals surface area contributed by atoms with Crippen LogP contribution in [-0.2, 0) is 9.53 Å². The number of aliphatic hydroxyl groups excluding tert-OH is 2. The fourth-order valence-corrected chi connectivity index (χ4v) is 3.25. The van der Waals surface area contributed by atoms with E-state index in [-0.39, 0.29) is 16.9 Å². The minimum Gasteiger partial charge on any atom is -0.394 e. The third-order valence-corrected chi connectivity index (χ3v) is 4.65. The van der Waals surface area contributed by atoms with E-state index in [1.54, 1.807) is 0 Å². The number of carbonyl (C=O) groups is 1. The molecule has 2 aromatic heterocycles. The molecule has 1 aliphatic heterocycles. The molecule has 148 valence electrons. The Morgan fingerprint density at radius 3 is 2.93 bits per heavy atom. The number of nitrogens with zero attached hydrogens (tertiary/aromatic N) is 3. The van der Waals surface area contributed by atoms with E-state index in [2.05, 4.69) is 15.3 Å². The van der Waals surface area contributed by atoms with Crippen LogP contribution in [0.15, 0.2) is 12.5 Å². The standard InChI is InChI=1S/C16H23FN6O4/c1-2-3-8(18)15(26)22-10-9(5-24)27-16(13(10)25)23-6-21-11-12(23)7(17)4-20-14(11)19/h4,6,8-10,13,16,24-25H,2-3,5,18H2,1H3,(H2,19,20)(H,22,26)/t8?,9-,10?,13+,16-/m1/s1. The summed E-state index contributed by atoms with van der Waals surface area (Å²) in [6, 6.07) is -1.66. The molecule has 1 aliphatic rings. The van der Waals surface area contributed by atoms with E-state index in [1.807, 2.05) is 6.92 Å². The summed E-state index contributed by atoms with van der Waals surface area (Å²) in [5, 5.41) is 22.9. The third-order valence-electron chi connectivity index (χ3n) is 4.65. The molecule has 10 nitrogen and oxygen atoms in total. The fourth-order valence-electron chi connectivity index (χ4n) is 3.25. The van der Waals surface area contributed by atoms with E-state index >= 15 is 0 Å². The van der Waals surface area contributed by atoms with Gasteiger partial charge in [0, 0.05) is 0 Å². The number of imidazole rings is 1. The zero-order chi connectivity index (χ0) is 19.7. The predicted molar refractivity (Wildman–Crippen MR) is 93.7 cm³/mol. The number of aromatic nitrogens is 3. The Morgan fingerprint density at radius 2 is 2.26 bits per heavy atom. The van der Waals surface area contributed by atoms with Gasteiger partial charge >= 0.3 is 0 Å². The van der Waals surface area contributed by atoms with Crippen LogP contribution in [-0.4, -0.2) is 61.6 Å². The molecule has 0 saturated carbocycles. The average molecular weight is 382 g/mol. The number of anilines is 1. The summed E-state index contributed by atoms with van der Waals surface area (Å²) in [7, 11) is 0. The number of carbonyl (C=O) groups excluding carboxylic acids is 1. The fraction of sp³-hybridized carbons (Fsp3) is 0.562. The van der Waals surface area contributed by atoms with Gasteiger partial charge in [0.15, 0.2) is 17.9 Å². The van der Waals surface area contributed by atoms with Crippen molar-refractivity contribution >= 4 is 22.8 Å². The zero-order valence-corrected chi connectivity index (χ0v) is 14.7. The lowest BCUT2D eigenvalue weighted by Gasteiger charge is -2.22. The van der Waals surface area contributed by atoms with Gasteiger partial charge in [0.25, 0.3) is 0 Å². The second kappa shape index (κ2) is 7.72. The van der Waals surface area contributed by atoms with E-state index in [0.717, 1.165) is 12.6 Å². The maximum absolute atomic E-state index is 14.3. The van der Waals surface area contributed by atoms with Crippen LogP contribution in [0.4, 0.5) is 10.2 Å². The molecule has 7 N–H and O–H groups in total. The number of ether oxygens (including phenoxy) is 1. The van der Waals surface area contributed by atoms with Gasteiger partial charge in [0.05, 0.1) is 31.2 Å². The molecule has 0 radical (unpaired) electrons. The summed E-state index contributed by atoms with van der Waals surface area (Å²) in [6.45, 7) is 1.44. The summed E-state index contributed by atoms with van der Waals surface area (Å²) >= 11 is 0. The quantitative estimate of drug-likeness (QED) is 0.426. The van der Waals surface area contributed by atoms with Crippen molar-refractivity contribution in [2.45, 2.75) is 50.3 Å². The van der Waals surface area contributed by atoms with Crippen molar-refractivity contribution in [1.29, 1.82) is 0 Å². The highest BCUT2D eigenvalue weighted by Gasteiger charge is 2.46. The minimum absolute atomic E-state index is 0.0119. The van der Waals surface area contributed by atoms with Gasteiger partial charge in [0.2, 0.25) is 5.91 Å². The first-order chi connectivity index (χ1) is 12.9. The van der Waals surface area contributed by atoms with Gasteiger partial charge in [-0.1, -0.05) is 13.3 Å². The Hall–Kier alpha value is -2.34. The van der Waals surface area contributed by atoms with E-state index in [0.29, 0.717) is 6.42 Å². The molecule has 11 heteroatoms. The van der Waals surface area contributed by atoms with Crippen LogP contribution in [0.3, 0.4) is 0 Å². The normalized spacial score (nSPS) is 26.4. The van der Waals surface area contributed by atoms with Gasteiger partial charge in [0.1, 0.15) is 23.2 Å². The summed E-state index contributed by atoms with van der Waals surface area (Å²) < 4.78 is 21.2. The summed E-state index contributed by atoms with van der Waals surface area (Å²) in [4.78, 5) is 19.9. The molecule has 5 atom stereocenters. The number of pyridine rings is 1. The Labute approximate surface area is 154 Å². The molecule has 0 spiro atoms. The van der Waals surface area contributed by atoms with E-state index < -0.39 is 48.9 Å². The molecule has 1 saturated heterocycles.